The molecule has 0 spiro atoms. The van der Waals surface area contributed by atoms with Gasteiger partial charge in [0.1, 0.15) is 0 Å². The fourth-order valence-electron chi connectivity index (χ4n) is 2.30. The monoisotopic (exact) mass is 168 g/mol. The van der Waals surface area contributed by atoms with Crippen molar-refractivity contribution in [2.24, 2.45) is 5.92 Å². The van der Waals surface area contributed by atoms with Crippen LogP contribution in [0, 0.1) is 5.92 Å². The number of nitrogens with one attached hydrogen (secondary N) is 1. The lowest BCUT2D eigenvalue weighted by Crippen LogP contribution is -2.54. The second-order valence-electron chi connectivity index (χ2n) is 4.44. The smallest absolute Gasteiger partial charge is 0.0252 e. The molecule has 0 radical (unpaired) electrons. The average molecular weight is 168 g/mol. The van der Waals surface area contributed by atoms with Crippen molar-refractivity contribution in [2.45, 2.75) is 38.8 Å². The van der Waals surface area contributed by atoms with Gasteiger partial charge in [-0.3, -0.25) is 4.90 Å². The Morgan fingerprint density at radius 1 is 1.33 bits per heavy atom. The Morgan fingerprint density at radius 3 is 2.67 bits per heavy atom. The summed E-state index contributed by atoms with van der Waals surface area (Å²) >= 11 is 0. The molecule has 2 fully saturated rings. The molecular weight excluding hydrogens is 148 g/mol. The van der Waals surface area contributed by atoms with E-state index < -0.39 is 0 Å². The van der Waals surface area contributed by atoms with Crippen LogP contribution in [-0.4, -0.2) is 36.6 Å². The van der Waals surface area contributed by atoms with Crippen LogP contribution in [0.15, 0.2) is 0 Å². The zero-order valence-electron chi connectivity index (χ0n) is 8.21. The summed E-state index contributed by atoms with van der Waals surface area (Å²) in [5.74, 6) is 1.01. The van der Waals surface area contributed by atoms with Gasteiger partial charge in [0.2, 0.25) is 0 Å². The first-order valence-corrected chi connectivity index (χ1v) is 5.25. The molecule has 2 rings (SSSR count). The highest BCUT2D eigenvalue weighted by atomic mass is 15.2. The topological polar surface area (TPSA) is 15.3 Å². The molecule has 70 valence electrons. The molecule has 1 aliphatic carbocycles. The quantitative estimate of drug-likeness (QED) is 0.663. The van der Waals surface area contributed by atoms with Crippen molar-refractivity contribution >= 4 is 0 Å². The van der Waals surface area contributed by atoms with Crippen LogP contribution in [0.3, 0.4) is 0 Å². The van der Waals surface area contributed by atoms with Crippen LogP contribution in [0.4, 0.5) is 0 Å². The Bertz CT molecular complexity index is 142. The van der Waals surface area contributed by atoms with Gasteiger partial charge in [-0.1, -0.05) is 0 Å². The normalized spacial score (nSPS) is 32.8. The predicted molar refractivity (Wildman–Crippen MR) is 51.2 cm³/mol. The minimum atomic E-state index is 0.734. The molecule has 2 heteroatoms. The largest absolute Gasteiger partial charge is 0.314 e. The Kier molecular flexibility index (Phi) is 2.37. The van der Waals surface area contributed by atoms with Gasteiger partial charge in [0, 0.05) is 31.7 Å². The molecule has 1 saturated heterocycles. The number of piperazine rings is 1. The van der Waals surface area contributed by atoms with Crippen molar-refractivity contribution in [1.82, 2.24) is 10.2 Å². The van der Waals surface area contributed by atoms with Crippen LogP contribution in [-0.2, 0) is 0 Å². The third-order valence-corrected chi connectivity index (χ3v) is 3.16. The fraction of sp³-hybridized carbons (Fsp3) is 1.00. The molecule has 2 nitrogen and oxygen atoms in total. The van der Waals surface area contributed by atoms with E-state index in [1.807, 2.05) is 0 Å². The molecule has 1 aliphatic heterocycles. The zero-order valence-corrected chi connectivity index (χ0v) is 8.21. The van der Waals surface area contributed by atoms with Gasteiger partial charge in [-0.2, -0.15) is 0 Å². The van der Waals surface area contributed by atoms with E-state index in [0.717, 1.165) is 18.0 Å². The second kappa shape index (κ2) is 3.35. The highest BCUT2D eigenvalue weighted by Crippen LogP contribution is 2.36. The lowest BCUT2D eigenvalue weighted by Gasteiger charge is -2.39. The third kappa shape index (κ3) is 1.64. The summed E-state index contributed by atoms with van der Waals surface area (Å²) < 4.78 is 0. The summed E-state index contributed by atoms with van der Waals surface area (Å²) in [5.41, 5.74) is 0. The van der Waals surface area contributed by atoms with Crippen LogP contribution < -0.4 is 5.32 Å². The first kappa shape index (κ1) is 8.52. The summed E-state index contributed by atoms with van der Waals surface area (Å²) in [6.07, 6.45) is 2.94. The average Bonchev–Trinajstić information content (AvgIpc) is 2.87. The van der Waals surface area contributed by atoms with Crippen molar-refractivity contribution in [3.05, 3.63) is 0 Å². The molecule has 12 heavy (non-hydrogen) atoms. The highest BCUT2D eigenvalue weighted by molar-refractivity contribution is 4.93. The van der Waals surface area contributed by atoms with E-state index >= 15 is 0 Å². The Morgan fingerprint density at radius 2 is 2.08 bits per heavy atom. The van der Waals surface area contributed by atoms with Crippen molar-refractivity contribution in [3.63, 3.8) is 0 Å². The Labute approximate surface area is 75.3 Å². The first-order valence-electron chi connectivity index (χ1n) is 5.25. The molecular formula is C10H20N2. The van der Waals surface area contributed by atoms with Crippen molar-refractivity contribution in [3.8, 4) is 0 Å². The molecule has 1 N–H and O–H groups in total. The molecule has 1 saturated carbocycles. The van der Waals surface area contributed by atoms with E-state index in [1.54, 1.807) is 0 Å². The van der Waals surface area contributed by atoms with Crippen LogP contribution in [0.1, 0.15) is 26.7 Å². The minimum absolute atomic E-state index is 0.734. The van der Waals surface area contributed by atoms with Crippen molar-refractivity contribution in [1.29, 1.82) is 0 Å². The molecule has 1 unspecified atom stereocenters. The summed E-state index contributed by atoms with van der Waals surface area (Å²) in [5, 5.41) is 3.50. The summed E-state index contributed by atoms with van der Waals surface area (Å²) in [6, 6.07) is 1.58. The Hall–Kier alpha value is -0.0800. The highest BCUT2D eigenvalue weighted by Gasteiger charge is 2.37. The van der Waals surface area contributed by atoms with Gasteiger partial charge in [-0.15, -0.1) is 0 Å². The van der Waals surface area contributed by atoms with E-state index in [2.05, 4.69) is 24.1 Å². The van der Waals surface area contributed by atoms with E-state index in [4.69, 9.17) is 0 Å². The molecule has 1 atom stereocenters. The molecule has 0 aromatic heterocycles. The summed E-state index contributed by atoms with van der Waals surface area (Å²) in [4.78, 5) is 2.67. The standard InChI is InChI=1S/C10H20N2/c1-8(2)12-6-5-11-7-10(12)9-3-4-9/h8-11H,3-7H2,1-2H3. The lowest BCUT2D eigenvalue weighted by atomic mass is 10.1. The van der Waals surface area contributed by atoms with Gasteiger partial charge in [0.05, 0.1) is 0 Å². The fourth-order valence-corrected chi connectivity index (χ4v) is 2.30. The van der Waals surface area contributed by atoms with Crippen LogP contribution in [0.25, 0.3) is 0 Å². The zero-order chi connectivity index (χ0) is 8.55. The SMILES string of the molecule is CC(C)N1CCNCC1C1CC1. The first-order chi connectivity index (χ1) is 5.79. The predicted octanol–water partition coefficient (Wildman–Crippen LogP) is 1.08. The minimum Gasteiger partial charge on any atom is -0.314 e. The van der Waals surface area contributed by atoms with Gasteiger partial charge in [-0.25, -0.2) is 0 Å². The maximum absolute atomic E-state index is 3.50. The van der Waals surface area contributed by atoms with Crippen molar-refractivity contribution in [2.75, 3.05) is 19.6 Å². The summed E-state index contributed by atoms with van der Waals surface area (Å²) in [7, 11) is 0. The number of nitrogens with zero attached hydrogens (tertiary/aromatic N) is 1. The van der Waals surface area contributed by atoms with Gasteiger partial charge >= 0.3 is 0 Å². The number of hydrogen-bond donors (Lipinski definition) is 1. The van der Waals surface area contributed by atoms with Crippen LogP contribution in [0.2, 0.25) is 0 Å². The number of hydrogen-bond acceptors (Lipinski definition) is 2. The van der Waals surface area contributed by atoms with Gasteiger partial charge in [-0.05, 0) is 32.6 Å². The maximum Gasteiger partial charge on any atom is 0.0252 e. The van der Waals surface area contributed by atoms with Crippen LogP contribution >= 0.6 is 0 Å². The number of rotatable bonds is 2. The second-order valence-corrected chi connectivity index (χ2v) is 4.44. The maximum atomic E-state index is 3.50. The van der Waals surface area contributed by atoms with Crippen LogP contribution in [0.5, 0.6) is 0 Å². The van der Waals surface area contributed by atoms with E-state index in [-0.39, 0.29) is 0 Å². The summed E-state index contributed by atoms with van der Waals surface area (Å²) in [6.45, 7) is 8.30. The van der Waals surface area contributed by atoms with Gasteiger partial charge in [0.25, 0.3) is 0 Å². The lowest BCUT2D eigenvalue weighted by molar-refractivity contribution is 0.109. The molecule has 0 amide bonds. The van der Waals surface area contributed by atoms with E-state index in [0.29, 0.717) is 0 Å². The van der Waals surface area contributed by atoms with Gasteiger partial charge in [0.15, 0.2) is 0 Å². The van der Waals surface area contributed by atoms with Gasteiger partial charge < -0.3 is 5.32 Å². The molecule has 1 heterocycles. The Balaban J connectivity index is 1.96. The molecule has 2 aliphatic rings. The molecule has 0 aromatic carbocycles. The van der Waals surface area contributed by atoms with E-state index in [1.165, 1.54) is 32.5 Å². The molecule has 0 aromatic rings. The third-order valence-electron chi connectivity index (χ3n) is 3.16. The van der Waals surface area contributed by atoms with E-state index in [9.17, 15) is 0 Å². The van der Waals surface area contributed by atoms with Crippen molar-refractivity contribution < 1.29 is 0 Å². The molecule has 0 bridgehead atoms.